The summed E-state index contributed by atoms with van der Waals surface area (Å²) in [4.78, 5) is 11.9. The van der Waals surface area contributed by atoms with Crippen LogP contribution in [0.2, 0.25) is 0 Å². The number of nitriles is 1. The first-order valence-electron chi connectivity index (χ1n) is 6.15. The van der Waals surface area contributed by atoms with Crippen LogP contribution in [0.5, 0.6) is 11.5 Å². The summed E-state index contributed by atoms with van der Waals surface area (Å²) in [6, 6.07) is 13.4. The lowest BCUT2D eigenvalue weighted by Gasteiger charge is -2.14. The second kappa shape index (κ2) is 6.41. The number of rotatable bonds is 4. The standard InChI is InChI=1S/C15H13N3O3/c16-9-12(10-5-1-3-7-13(10)19)17-18-15(21)11-6-2-4-8-14(11)20/h1-8,12,17,19-20H,(H,18,21)/t12-/m0/s1. The molecule has 6 nitrogen and oxygen atoms in total. The van der Waals surface area contributed by atoms with Crippen LogP contribution in [0.3, 0.4) is 0 Å². The number of phenolic OH excluding ortho intramolecular Hbond substituents is 2. The molecule has 6 heteroatoms. The van der Waals surface area contributed by atoms with Gasteiger partial charge in [-0.25, -0.2) is 5.43 Å². The maximum atomic E-state index is 11.9. The van der Waals surface area contributed by atoms with Crippen LogP contribution in [0.1, 0.15) is 22.0 Å². The molecule has 0 aliphatic carbocycles. The van der Waals surface area contributed by atoms with Crippen molar-refractivity contribution < 1.29 is 15.0 Å². The minimum Gasteiger partial charge on any atom is -0.508 e. The predicted molar refractivity (Wildman–Crippen MR) is 75.2 cm³/mol. The van der Waals surface area contributed by atoms with Crippen LogP contribution in [0, 0.1) is 11.3 Å². The fourth-order valence-corrected chi connectivity index (χ4v) is 1.78. The number of aromatic hydroxyl groups is 2. The topological polar surface area (TPSA) is 105 Å². The van der Waals surface area contributed by atoms with Gasteiger partial charge in [0.25, 0.3) is 5.91 Å². The van der Waals surface area contributed by atoms with Gasteiger partial charge in [0.1, 0.15) is 17.5 Å². The number of phenols is 2. The number of hydrazine groups is 1. The molecule has 0 saturated carbocycles. The average molecular weight is 283 g/mol. The van der Waals surface area contributed by atoms with Crippen LogP contribution in [0.4, 0.5) is 0 Å². The normalized spacial score (nSPS) is 11.4. The van der Waals surface area contributed by atoms with E-state index in [-0.39, 0.29) is 17.1 Å². The van der Waals surface area contributed by atoms with Gasteiger partial charge in [0.05, 0.1) is 11.6 Å². The van der Waals surface area contributed by atoms with Gasteiger partial charge in [-0.1, -0.05) is 30.3 Å². The highest BCUT2D eigenvalue weighted by molar-refractivity contribution is 5.96. The Hall–Kier alpha value is -3.04. The molecular weight excluding hydrogens is 270 g/mol. The lowest BCUT2D eigenvalue weighted by atomic mass is 10.1. The number of nitrogens with one attached hydrogen (secondary N) is 2. The Labute approximate surface area is 121 Å². The largest absolute Gasteiger partial charge is 0.508 e. The van der Waals surface area contributed by atoms with Crippen molar-refractivity contribution in [2.24, 2.45) is 0 Å². The highest BCUT2D eigenvalue weighted by atomic mass is 16.3. The van der Waals surface area contributed by atoms with E-state index in [1.54, 1.807) is 30.3 Å². The van der Waals surface area contributed by atoms with E-state index in [0.717, 1.165) is 0 Å². The Balaban J connectivity index is 2.08. The second-order valence-corrected chi connectivity index (χ2v) is 4.24. The molecule has 0 fully saturated rings. The third-order valence-electron chi connectivity index (χ3n) is 2.86. The van der Waals surface area contributed by atoms with E-state index in [1.807, 2.05) is 6.07 Å². The molecule has 106 valence electrons. The average Bonchev–Trinajstić information content (AvgIpc) is 2.49. The van der Waals surface area contributed by atoms with Gasteiger partial charge in [0, 0.05) is 5.56 Å². The van der Waals surface area contributed by atoms with E-state index in [2.05, 4.69) is 10.9 Å². The number of carbonyl (C=O) groups is 1. The molecule has 2 aromatic rings. The molecule has 0 unspecified atom stereocenters. The summed E-state index contributed by atoms with van der Waals surface area (Å²) in [5.41, 5.74) is 5.28. The highest BCUT2D eigenvalue weighted by Crippen LogP contribution is 2.22. The van der Waals surface area contributed by atoms with Crippen molar-refractivity contribution in [1.29, 1.82) is 5.26 Å². The third-order valence-corrected chi connectivity index (χ3v) is 2.86. The zero-order valence-corrected chi connectivity index (χ0v) is 10.9. The van der Waals surface area contributed by atoms with Crippen molar-refractivity contribution in [3.05, 3.63) is 59.7 Å². The molecular formula is C15H13N3O3. The Morgan fingerprint density at radius 3 is 2.29 bits per heavy atom. The van der Waals surface area contributed by atoms with Crippen LogP contribution >= 0.6 is 0 Å². The molecule has 0 bridgehead atoms. The molecule has 2 rings (SSSR count). The van der Waals surface area contributed by atoms with Gasteiger partial charge in [-0.15, -0.1) is 0 Å². The van der Waals surface area contributed by atoms with Crippen molar-refractivity contribution >= 4 is 5.91 Å². The molecule has 0 saturated heterocycles. The van der Waals surface area contributed by atoms with E-state index in [9.17, 15) is 15.0 Å². The lowest BCUT2D eigenvalue weighted by Crippen LogP contribution is -2.39. The summed E-state index contributed by atoms with van der Waals surface area (Å²) < 4.78 is 0. The van der Waals surface area contributed by atoms with Crippen molar-refractivity contribution in [3.63, 3.8) is 0 Å². The maximum Gasteiger partial charge on any atom is 0.269 e. The van der Waals surface area contributed by atoms with Gasteiger partial charge < -0.3 is 10.2 Å². The number of nitrogens with zero attached hydrogens (tertiary/aromatic N) is 1. The minimum absolute atomic E-state index is 0.0478. The molecule has 0 radical (unpaired) electrons. The molecule has 0 heterocycles. The zero-order valence-electron chi connectivity index (χ0n) is 10.9. The van der Waals surface area contributed by atoms with Gasteiger partial charge in [-0.2, -0.15) is 5.26 Å². The number of amides is 1. The fraction of sp³-hybridized carbons (Fsp3) is 0.0667. The van der Waals surface area contributed by atoms with Gasteiger partial charge in [-0.3, -0.25) is 10.2 Å². The lowest BCUT2D eigenvalue weighted by molar-refractivity contribution is 0.0926. The molecule has 4 N–H and O–H groups in total. The van der Waals surface area contributed by atoms with E-state index in [4.69, 9.17) is 5.26 Å². The summed E-state index contributed by atoms with van der Waals surface area (Å²) in [5, 5.41) is 28.4. The quantitative estimate of drug-likeness (QED) is 0.638. The molecule has 0 aromatic heterocycles. The number of hydrogen-bond donors (Lipinski definition) is 4. The van der Waals surface area contributed by atoms with Gasteiger partial charge in [0.2, 0.25) is 0 Å². The highest BCUT2D eigenvalue weighted by Gasteiger charge is 2.16. The molecule has 1 amide bonds. The van der Waals surface area contributed by atoms with Gasteiger partial charge >= 0.3 is 0 Å². The molecule has 0 aliphatic rings. The smallest absolute Gasteiger partial charge is 0.269 e. The first-order valence-corrected chi connectivity index (χ1v) is 6.15. The summed E-state index contributed by atoms with van der Waals surface area (Å²) in [6.45, 7) is 0. The Kier molecular flexibility index (Phi) is 4.39. The fourth-order valence-electron chi connectivity index (χ4n) is 1.78. The van der Waals surface area contributed by atoms with Crippen molar-refractivity contribution in [2.45, 2.75) is 6.04 Å². The third kappa shape index (κ3) is 3.29. The molecule has 0 spiro atoms. The van der Waals surface area contributed by atoms with E-state index < -0.39 is 11.9 Å². The van der Waals surface area contributed by atoms with E-state index in [1.165, 1.54) is 18.2 Å². The summed E-state index contributed by atoms with van der Waals surface area (Å²) >= 11 is 0. The SMILES string of the molecule is N#C[C@H](NNC(=O)c1ccccc1O)c1ccccc1O. The summed E-state index contributed by atoms with van der Waals surface area (Å²) in [7, 11) is 0. The zero-order chi connectivity index (χ0) is 15.2. The van der Waals surface area contributed by atoms with Crippen LogP contribution in [0.25, 0.3) is 0 Å². The summed E-state index contributed by atoms with van der Waals surface area (Å²) in [6.07, 6.45) is 0. The monoisotopic (exact) mass is 283 g/mol. The molecule has 0 aliphatic heterocycles. The van der Waals surface area contributed by atoms with Gasteiger partial charge in [0.15, 0.2) is 0 Å². The van der Waals surface area contributed by atoms with Crippen LogP contribution in [-0.4, -0.2) is 16.1 Å². The molecule has 21 heavy (non-hydrogen) atoms. The molecule has 1 atom stereocenters. The number of benzene rings is 2. The number of para-hydroxylation sites is 2. The Morgan fingerprint density at radius 1 is 1.05 bits per heavy atom. The van der Waals surface area contributed by atoms with Crippen molar-refractivity contribution in [3.8, 4) is 17.6 Å². The van der Waals surface area contributed by atoms with Gasteiger partial charge in [-0.05, 0) is 18.2 Å². The second-order valence-electron chi connectivity index (χ2n) is 4.24. The first kappa shape index (κ1) is 14.4. The Morgan fingerprint density at radius 2 is 1.67 bits per heavy atom. The Bertz CT molecular complexity index is 695. The number of carbonyl (C=O) groups excluding carboxylic acids is 1. The van der Waals surface area contributed by atoms with E-state index >= 15 is 0 Å². The van der Waals surface area contributed by atoms with Crippen LogP contribution in [0.15, 0.2) is 48.5 Å². The minimum atomic E-state index is -0.916. The predicted octanol–water partition coefficient (Wildman–Crippen LogP) is 1.60. The summed E-state index contributed by atoms with van der Waals surface area (Å²) in [5.74, 6) is -0.787. The first-order chi connectivity index (χ1) is 10.1. The van der Waals surface area contributed by atoms with Crippen LogP contribution in [-0.2, 0) is 0 Å². The molecule has 2 aromatic carbocycles. The van der Waals surface area contributed by atoms with Crippen molar-refractivity contribution in [1.82, 2.24) is 10.9 Å². The number of hydrogen-bond acceptors (Lipinski definition) is 5. The van der Waals surface area contributed by atoms with Crippen LogP contribution < -0.4 is 10.9 Å². The van der Waals surface area contributed by atoms with E-state index in [0.29, 0.717) is 5.56 Å². The van der Waals surface area contributed by atoms with Crippen molar-refractivity contribution in [2.75, 3.05) is 0 Å². The maximum absolute atomic E-state index is 11.9.